The number of carbonyl (C=O) groups excluding carboxylic acids is 1. The van der Waals surface area contributed by atoms with Crippen molar-refractivity contribution in [1.29, 1.82) is 0 Å². The van der Waals surface area contributed by atoms with E-state index in [1.807, 2.05) is 6.07 Å². The van der Waals surface area contributed by atoms with Crippen LogP contribution in [0.4, 0.5) is 0 Å². The third-order valence-corrected chi connectivity index (χ3v) is 6.03. The fourth-order valence-electron chi connectivity index (χ4n) is 4.32. The van der Waals surface area contributed by atoms with Crippen molar-refractivity contribution in [3.8, 4) is 5.75 Å². The van der Waals surface area contributed by atoms with Crippen molar-refractivity contribution in [2.24, 2.45) is 0 Å². The van der Waals surface area contributed by atoms with Crippen molar-refractivity contribution in [2.75, 3.05) is 33.4 Å². The number of aliphatic hydroxyl groups is 1. The molecule has 2 aromatic heterocycles. The lowest BCUT2D eigenvalue weighted by atomic mass is 10.1. The smallest absolute Gasteiger partial charge is 0.343 e. The van der Waals surface area contributed by atoms with Crippen molar-refractivity contribution in [3.05, 3.63) is 51.3 Å². The van der Waals surface area contributed by atoms with E-state index < -0.39 is 5.97 Å². The van der Waals surface area contributed by atoms with E-state index >= 15 is 0 Å². The summed E-state index contributed by atoms with van der Waals surface area (Å²) in [5, 5.41) is 9.20. The Balaban J connectivity index is 1.55. The third kappa shape index (κ3) is 5.06. The average molecular weight is 447 g/mol. The highest BCUT2D eigenvalue weighted by molar-refractivity contribution is 5.93. The first kappa shape index (κ1) is 22.6. The molecule has 0 aliphatic carbocycles. The molecule has 32 heavy (non-hydrogen) atoms. The fourth-order valence-corrected chi connectivity index (χ4v) is 4.32. The maximum Gasteiger partial charge on any atom is 0.343 e. The van der Waals surface area contributed by atoms with Gasteiger partial charge in [0.05, 0.1) is 19.8 Å². The summed E-state index contributed by atoms with van der Waals surface area (Å²) in [6.45, 7) is 3.11. The molecule has 174 valence electrons. The van der Waals surface area contributed by atoms with Gasteiger partial charge in [0.15, 0.2) is 0 Å². The summed E-state index contributed by atoms with van der Waals surface area (Å²) in [6.07, 6.45) is 3.47. The van der Waals surface area contributed by atoms with Gasteiger partial charge >= 0.3 is 5.97 Å². The molecule has 2 aromatic rings. The van der Waals surface area contributed by atoms with Crippen molar-refractivity contribution >= 4 is 5.97 Å². The lowest BCUT2D eigenvalue weighted by Crippen LogP contribution is -2.30. The number of hydrogen-bond acceptors (Lipinski definition) is 8. The van der Waals surface area contributed by atoms with Crippen LogP contribution >= 0.6 is 0 Å². The Bertz CT molecular complexity index is 991. The van der Waals surface area contributed by atoms with Gasteiger partial charge in [0.1, 0.15) is 36.0 Å². The molecule has 0 bridgehead atoms. The van der Waals surface area contributed by atoms with E-state index in [-0.39, 0.29) is 24.0 Å². The lowest BCUT2D eigenvalue weighted by Gasteiger charge is -2.24. The molecule has 9 nitrogen and oxygen atoms in total. The van der Waals surface area contributed by atoms with E-state index in [0.717, 1.165) is 25.0 Å². The van der Waals surface area contributed by atoms with Crippen LogP contribution in [0.1, 0.15) is 46.8 Å². The van der Waals surface area contributed by atoms with E-state index in [9.17, 15) is 14.7 Å². The second-order valence-electron chi connectivity index (χ2n) is 8.16. The molecule has 0 radical (unpaired) electrons. The first-order valence-electron chi connectivity index (χ1n) is 11.1. The number of fused-ring (bicyclic) bond motifs is 1. The second kappa shape index (κ2) is 10.3. The molecule has 2 aliphatic rings. The summed E-state index contributed by atoms with van der Waals surface area (Å²) in [7, 11) is 1.33. The number of pyridine rings is 1. The minimum absolute atomic E-state index is 0.0385. The zero-order valence-electron chi connectivity index (χ0n) is 18.4. The van der Waals surface area contributed by atoms with Gasteiger partial charge in [0.2, 0.25) is 0 Å². The predicted octanol–water partition coefficient (Wildman–Crippen LogP) is 1.73. The Labute approximate surface area is 186 Å². The Kier molecular flexibility index (Phi) is 7.29. The Morgan fingerprint density at radius 2 is 2.06 bits per heavy atom. The number of esters is 1. The van der Waals surface area contributed by atoms with Crippen LogP contribution in [0.15, 0.2) is 27.4 Å². The van der Waals surface area contributed by atoms with Crippen LogP contribution in [0.2, 0.25) is 0 Å². The van der Waals surface area contributed by atoms with Crippen LogP contribution in [-0.4, -0.2) is 60.1 Å². The topological polar surface area (TPSA) is 103 Å². The quantitative estimate of drug-likeness (QED) is 0.642. The molecule has 1 saturated heterocycles. The van der Waals surface area contributed by atoms with E-state index in [1.165, 1.54) is 13.2 Å². The van der Waals surface area contributed by atoms with Crippen molar-refractivity contribution in [3.63, 3.8) is 0 Å². The zero-order valence-corrected chi connectivity index (χ0v) is 18.4. The zero-order chi connectivity index (χ0) is 22.5. The van der Waals surface area contributed by atoms with E-state index in [2.05, 4.69) is 4.90 Å². The maximum atomic E-state index is 12.9. The Morgan fingerprint density at radius 3 is 2.78 bits per heavy atom. The summed E-state index contributed by atoms with van der Waals surface area (Å²) in [5.41, 5.74) is 0.738. The highest BCUT2D eigenvalue weighted by atomic mass is 16.5. The number of methoxy groups -OCH3 is 1. The van der Waals surface area contributed by atoms with E-state index in [4.69, 9.17) is 18.6 Å². The second-order valence-corrected chi connectivity index (χ2v) is 8.16. The van der Waals surface area contributed by atoms with Crippen LogP contribution in [-0.2, 0) is 35.6 Å². The number of hydrogen-bond donors (Lipinski definition) is 1. The minimum atomic E-state index is -0.514. The molecule has 0 saturated carbocycles. The SMILES string of the molecule is COC(=O)c1c(OC[C@H]2CCCCO2)cc(=O)n2c1CCN(Cc1ccc(CO)o1)CC2. The summed E-state index contributed by atoms with van der Waals surface area (Å²) in [6, 6.07) is 4.98. The molecule has 0 spiro atoms. The van der Waals surface area contributed by atoms with Crippen molar-refractivity contribution in [2.45, 2.75) is 51.5 Å². The molecule has 4 heterocycles. The number of carbonyl (C=O) groups is 1. The van der Waals surface area contributed by atoms with Crippen LogP contribution in [0.25, 0.3) is 0 Å². The number of furan rings is 1. The lowest BCUT2D eigenvalue weighted by molar-refractivity contribution is -0.0114. The Hall–Kier alpha value is -2.62. The summed E-state index contributed by atoms with van der Waals surface area (Å²) in [5.74, 6) is 1.01. The molecular weight excluding hydrogens is 416 g/mol. The van der Waals surface area contributed by atoms with Crippen molar-refractivity contribution in [1.82, 2.24) is 9.47 Å². The molecule has 0 aromatic carbocycles. The van der Waals surface area contributed by atoms with Crippen LogP contribution < -0.4 is 10.3 Å². The number of aliphatic hydroxyl groups excluding tert-OH is 1. The molecular formula is C23H30N2O7. The average Bonchev–Trinajstić information content (AvgIpc) is 3.17. The van der Waals surface area contributed by atoms with Gasteiger partial charge in [-0.05, 0) is 31.4 Å². The highest BCUT2D eigenvalue weighted by Gasteiger charge is 2.27. The number of nitrogens with zero attached hydrogens (tertiary/aromatic N) is 2. The predicted molar refractivity (Wildman–Crippen MR) is 115 cm³/mol. The summed E-state index contributed by atoms with van der Waals surface area (Å²) in [4.78, 5) is 27.7. The maximum absolute atomic E-state index is 12.9. The van der Waals surface area contributed by atoms with Gasteiger partial charge < -0.3 is 28.3 Å². The third-order valence-electron chi connectivity index (χ3n) is 6.03. The molecule has 9 heteroatoms. The normalized spacial score (nSPS) is 19.2. The molecule has 4 rings (SSSR count). The van der Waals surface area contributed by atoms with Gasteiger partial charge in [-0.15, -0.1) is 0 Å². The van der Waals surface area contributed by atoms with E-state index in [0.29, 0.717) is 62.8 Å². The fraction of sp³-hybridized carbons (Fsp3) is 0.565. The van der Waals surface area contributed by atoms with Gasteiger partial charge in [-0.2, -0.15) is 0 Å². The minimum Gasteiger partial charge on any atom is -0.490 e. The van der Waals surface area contributed by atoms with Gasteiger partial charge in [0, 0.05) is 44.4 Å². The number of rotatable bonds is 7. The van der Waals surface area contributed by atoms with Crippen LogP contribution in [0.5, 0.6) is 5.75 Å². The molecule has 0 amide bonds. The molecule has 0 unspecified atom stereocenters. The van der Waals surface area contributed by atoms with Crippen LogP contribution in [0, 0.1) is 0 Å². The van der Waals surface area contributed by atoms with Crippen molar-refractivity contribution < 1.29 is 28.5 Å². The molecule has 1 atom stereocenters. The highest BCUT2D eigenvalue weighted by Crippen LogP contribution is 2.25. The number of ether oxygens (including phenoxy) is 3. The molecule has 2 aliphatic heterocycles. The van der Waals surface area contributed by atoms with Crippen LogP contribution in [0.3, 0.4) is 0 Å². The standard InChI is InChI=1S/C23H30N2O7/c1-29-23(28)22-19-7-8-24(13-16-5-6-17(14-26)32-16)9-10-25(19)21(27)12-20(22)31-15-18-4-2-3-11-30-18/h5-6,12,18,26H,2-4,7-11,13-15H2,1H3/t18-/m1/s1. The molecule has 1 fully saturated rings. The first-order chi connectivity index (χ1) is 15.6. The summed E-state index contributed by atoms with van der Waals surface area (Å²) >= 11 is 0. The largest absolute Gasteiger partial charge is 0.490 e. The van der Waals surface area contributed by atoms with Gasteiger partial charge in [-0.25, -0.2) is 4.79 Å². The van der Waals surface area contributed by atoms with E-state index in [1.54, 1.807) is 10.6 Å². The van der Waals surface area contributed by atoms with Gasteiger partial charge in [0.25, 0.3) is 5.56 Å². The first-order valence-corrected chi connectivity index (χ1v) is 11.1. The monoisotopic (exact) mass is 446 g/mol. The summed E-state index contributed by atoms with van der Waals surface area (Å²) < 4.78 is 23.9. The van der Waals surface area contributed by atoms with Gasteiger partial charge in [-0.1, -0.05) is 0 Å². The Morgan fingerprint density at radius 1 is 1.22 bits per heavy atom. The van der Waals surface area contributed by atoms with Gasteiger partial charge in [-0.3, -0.25) is 9.69 Å². The molecule has 1 N–H and O–H groups in total. The number of aromatic nitrogens is 1.